The number of aryl methyl sites for hydroxylation is 1. The summed E-state index contributed by atoms with van der Waals surface area (Å²) in [5.74, 6) is 0.0218. The molecule has 2 aromatic carbocycles. The van der Waals surface area contributed by atoms with E-state index in [9.17, 15) is 4.79 Å². The summed E-state index contributed by atoms with van der Waals surface area (Å²) in [6, 6.07) is 18.5. The Labute approximate surface area is 184 Å². The van der Waals surface area contributed by atoms with Crippen LogP contribution < -0.4 is 33.4 Å². The van der Waals surface area contributed by atoms with Crippen LogP contribution in [0.25, 0.3) is 15.9 Å². The fourth-order valence-corrected chi connectivity index (χ4v) is 5.30. The summed E-state index contributed by atoms with van der Waals surface area (Å²) in [6.45, 7) is 4.88. The summed E-state index contributed by atoms with van der Waals surface area (Å²) in [5.41, 5.74) is 2.23. The second-order valence-corrected chi connectivity index (χ2v) is 8.54. The van der Waals surface area contributed by atoms with Crippen molar-refractivity contribution in [2.45, 2.75) is 39.7 Å². The predicted octanol–water partition coefficient (Wildman–Crippen LogP) is 1.40. The molecule has 1 amide bonds. The van der Waals surface area contributed by atoms with Crippen LogP contribution in [-0.2, 0) is 11.3 Å². The van der Waals surface area contributed by atoms with Gasteiger partial charge >= 0.3 is 161 Å². The quantitative estimate of drug-likeness (QED) is 0.193. The molecule has 3 rings (SSSR count). The van der Waals surface area contributed by atoms with Crippen molar-refractivity contribution in [3.8, 4) is 0 Å². The second kappa shape index (κ2) is 10.8. The molecule has 0 unspecified atom stereocenters. The number of anilines is 1. The maximum atomic E-state index is 12.1. The van der Waals surface area contributed by atoms with Gasteiger partial charge in [-0.2, -0.15) is 0 Å². The van der Waals surface area contributed by atoms with Gasteiger partial charge in [-0.1, -0.05) is 0 Å². The van der Waals surface area contributed by atoms with E-state index >= 15 is 0 Å². The van der Waals surface area contributed by atoms with Crippen LogP contribution in [0.3, 0.4) is 0 Å². The summed E-state index contributed by atoms with van der Waals surface area (Å²) in [4.78, 5) is 13.8. The number of halogens is 1. The topological polar surface area (TPSA) is 24.2 Å². The number of carbonyl (C=O) groups is 1. The summed E-state index contributed by atoms with van der Waals surface area (Å²) in [6.07, 6.45) is 7.70. The number of benzene rings is 2. The van der Waals surface area contributed by atoms with Gasteiger partial charge in [0.15, 0.2) is 0 Å². The summed E-state index contributed by atoms with van der Waals surface area (Å²) in [5, 5.41) is 0. The van der Waals surface area contributed by atoms with Crippen LogP contribution in [0.1, 0.15) is 37.7 Å². The molecular formula is C22H25IN2OSe. The molecule has 0 aliphatic rings. The van der Waals surface area contributed by atoms with Crippen LogP contribution in [0.15, 0.2) is 60.8 Å². The molecular weight excluding hydrogens is 514 g/mol. The molecule has 0 aliphatic carbocycles. The fraction of sp³-hybridized carbons (Fsp3) is 0.273. The summed E-state index contributed by atoms with van der Waals surface area (Å²) >= 11 is 0.276. The van der Waals surface area contributed by atoms with E-state index in [1.54, 1.807) is 11.8 Å². The van der Waals surface area contributed by atoms with Gasteiger partial charge in [0.05, 0.1) is 0 Å². The third kappa shape index (κ3) is 5.53. The number of unbranched alkanes of at least 4 members (excludes halogenated alkanes) is 2. The molecule has 0 atom stereocenters. The number of aromatic nitrogens is 1. The first-order valence-electron chi connectivity index (χ1n) is 9.15. The molecule has 0 bridgehead atoms. The van der Waals surface area contributed by atoms with Gasteiger partial charge in [-0.05, 0) is 0 Å². The molecule has 3 nitrogen and oxygen atoms in total. The third-order valence-electron chi connectivity index (χ3n) is 4.36. The zero-order valence-corrected chi connectivity index (χ0v) is 19.6. The van der Waals surface area contributed by atoms with Crippen LogP contribution in [0.5, 0.6) is 0 Å². The number of nitrogens with zero attached hydrogens (tertiary/aromatic N) is 2. The van der Waals surface area contributed by atoms with Crippen LogP contribution in [0.2, 0.25) is 0 Å². The van der Waals surface area contributed by atoms with Gasteiger partial charge < -0.3 is 24.0 Å². The number of hydrogen-bond acceptors (Lipinski definition) is 1. The smallest absolute Gasteiger partial charge is 1.00 e. The Kier molecular flexibility index (Phi) is 8.74. The van der Waals surface area contributed by atoms with E-state index in [1.807, 2.05) is 36.5 Å². The van der Waals surface area contributed by atoms with E-state index in [0.717, 1.165) is 12.2 Å². The van der Waals surface area contributed by atoms with Crippen molar-refractivity contribution in [2.24, 2.45) is 0 Å². The van der Waals surface area contributed by atoms with Gasteiger partial charge in [-0.15, -0.1) is 0 Å². The monoisotopic (exact) mass is 540 g/mol. The number of fused-ring (bicyclic) bond motifs is 1. The molecule has 0 saturated carbocycles. The van der Waals surface area contributed by atoms with Crippen molar-refractivity contribution in [3.63, 3.8) is 0 Å². The zero-order valence-electron chi connectivity index (χ0n) is 15.8. The van der Waals surface area contributed by atoms with Crippen molar-refractivity contribution < 1.29 is 33.3 Å². The average molecular weight is 539 g/mol. The van der Waals surface area contributed by atoms with Gasteiger partial charge in [0.25, 0.3) is 0 Å². The van der Waals surface area contributed by atoms with Crippen LogP contribution in [0, 0.1) is 0 Å². The maximum Gasteiger partial charge on any atom is -1.00 e. The van der Waals surface area contributed by atoms with Gasteiger partial charge in [-0.3, -0.25) is 0 Å². The van der Waals surface area contributed by atoms with Crippen LogP contribution in [0.4, 0.5) is 5.69 Å². The molecule has 142 valence electrons. The van der Waals surface area contributed by atoms with Gasteiger partial charge in [0.1, 0.15) is 0 Å². The summed E-state index contributed by atoms with van der Waals surface area (Å²) < 4.78 is 5.17. The van der Waals surface area contributed by atoms with E-state index in [2.05, 4.69) is 41.8 Å². The Morgan fingerprint density at radius 2 is 1.78 bits per heavy atom. The first-order chi connectivity index (χ1) is 12.7. The van der Waals surface area contributed by atoms with Crippen LogP contribution in [-0.4, -0.2) is 20.4 Å². The standard InChI is InChI=1S/C22H25N2OSe.HI/c1-3-4-10-16-24-20-13-8-9-14-21(20)26-22(24)15-17-23(18(2)25)19-11-6-5-7-12-19;/h5-9,11-15,17H,3-4,10,16H2,1-2H3;1H/q+1;/p-1. The SMILES string of the molecule is CCCCC[n+]1c(/C=C/N(C(C)=O)c2ccccc2)[se]c2ccccc21.[I-]. The van der Waals surface area contributed by atoms with E-state index in [0.29, 0.717) is 0 Å². The Balaban J connectivity index is 0.00000261. The number of carbonyl (C=O) groups excluding carboxylic acids is 1. The van der Waals surface area contributed by atoms with Gasteiger partial charge in [0.2, 0.25) is 0 Å². The van der Waals surface area contributed by atoms with Crippen LogP contribution >= 0.6 is 0 Å². The molecule has 27 heavy (non-hydrogen) atoms. The molecule has 1 aromatic heterocycles. The molecule has 3 aromatic rings. The average Bonchev–Trinajstić information content (AvgIpc) is 3.00. The van der Waals surface area contributed by atoms with E-state index < -0.39 is 0 Å². The number of hydrogen-bond donors (Lipinski definition) is 0. The first-order valence-corrected chi connectivity index (χ1v) is 10.9. The Morgan fingerprint density at radius 3 is 2.48 bits per heavy atom. The minimum Gasteiger partial charge on any atom is -1.00 e. The molecule has 0 saturated heterocycles. The van der Waals surface area contributed by atoms with Crippen molar-refractivity contribution in [1.82, 2.24) is 0 Å². The Morgan fingerprint density at radius 1 is 1.07 bits per heavy atom. The van der Waals surface area contributed by atoms with Crippen molar-refractivity contribution >= 4 is 42.0 Å². The fourth-order valence-electron chi connectivity index (χ4n) is 3.03. The molecule has 0 radical (unpaired) electrons. The van der Waals surface area contributed by atoms with Gasteiger partial charge in [-0.25, -0.2) is 0 Å². The Bertz CT molecular complexity index is 905. The maximum absolute atomic E-state index is 12.1. The third-order valence-corrected chi connectivity index (χ3v) is 6.73. The number of para-hydroxylation sites is 2. The molecule has 0 aliphatic heterocycles. The van der Waals surface area contributed by atoms with Crippen molar-refractivity contribution in [3.05, 3.63) is 65.4 Å². The summed E-state index contributed by atoms with van der Waals surface area (Å²) in [7, 11) is 0. The zero-order chi connectivity index (χ0) is 18.4. The van der Waals surface area contributed by atoms with Gasteiger partial charge in [0, 0.05) is 0 Å². The molecule has 0 fully saturated rings. The normalized spacial score (nSPS) is 10.9. The minimum atomic E-state index is 0. The second-order valence-electron chi connectivity index (χ2n) is 6.31. The number of amides is 1. The van der Waals surface area contributed by atoms with Crippen molar-refractivity contribution in [2.75, 3.05) is 4.90 Å². The molecule has 0 spiro atoms. The molecule has 1 heterocycles. The number of rotatable bonds is 7. The van der Waals surface area contributed by atoms with E-state index in [1.165, 1.54) is 33.6 Å². The predicted molar refractivity (Wildman–Crippen MR) is 109 cm³/mol. The Hall–Kier alpha value is -1.43. The molecule has 5 heteroatoms. The van der Waals surface area contributed by atoms with E-state index in [-0.39, 0.29) is 44.4 Å². The first kappa shape index (κ1) is 21.9. The largest absolute Gasteiger partial charge is 1.00 e. The molecule has 0 N–H and O–H groups in total. The van der Waals surface area contributed by atoms with E-state index in [4.69, 9.17) is 0 Å². The minimum absolute atomic E-state index is 0. The van der Waals surface area contributed by atoms with Crippen molar-refractivity contribution in [1.29, 1.82) is 0 Å².